The Morgan fingerprint density at radius 3 is 2.41 bits per heavy atom. The molecule has 5 aromatic rings. The number of allylic oxidation sites excluding steroid dienone is 1. The van der Waals surface area contributed by atoms with Crippen molar-refractivity contribution in [2.75, 3.05) is 26.6 Å². The second kappa shape index (κ2) is 23.1. The van der Waals surface area contributed by atoms with Gasteiger partial charge in [0.05, 0.1) is 25.4 Å². The van der Waals surface area contributed by atoms with Gasteiger partial charge in [-0.3, -0.25) is 4.79 Å². The second-order valence-electron chi connectivity index (χ2n) is 23.5. The van der Waals surface area contributed by atoms with Crippen LogP contribution in [-0.4, -0.2) is 70.7 Å². The molecule has 7 aliphatic rings. The molecule has 0 radical (unpaired) electrons. The Bertz CT molecular complexity index is 3130. The number of aliphatic hydroxyl groups excluding tert-OH is 4. The fourth-order valence-corrected chi connectivity index (χ4v) is 15.2. The van der Waals surface area contributed by atoms with Crippen molar-refractivity contribution < 1.29 is 53.4 Å². The molecule has 1 aromatic heterocycles. The minimum atomic E-state index is -1.33. The summed E-state index contributed by atoms with van der Waals surface area (Å²) in [6.45, 7) is 1.66. The third kappa shape index (κ3) is 9.99. The van der Waals surface area contributed by atoms with E-state index in [0.717, 1.165) is 75.3 Å². The van der Waals surface area contributed by atoms with Gasteiger partial charge in [0, 0.05) is 46.8 Å². The van der Waals surface area contributed by atoms with Crippen molar-refractivity contribution in [1.29, 1.82) is 0 Å². The van der Waals surface area contributed by atoms with E-state index in [1.165, 1.54) is 35.1 Å². The SMILES string of the molecule is CC(CO)=C1CCc2ccc(cc2)C2CCC(c3cccc(C45CCCCC4C=Cc4ccccc45)c3)CC2CC(=O)OC2c3c(ccc4c(CO)c(C(CCO)COCO)c(=O)oc34)OC(C)(C3CCCCC3)C2OC1=O. The van der Waals surface area contributed by atoms with Crippen molar-refractivity contribution in [2.24, 2.45) is 17.8 Å². The smallest absolute Gasteiger partial charge is 0.340 e. The number of benzene rings is 4. The summed E-state index contributed by atoms with van der Waals surface area (Å²) in [5.41, 5.74) is 6.73. The molecule has 4 N–H and O–H groups in total. The Labute approximate surface area is 457 Å². The predicted octanol–water partition coefficient (Wildman–Crippen LogP) is 11.5. The van der Waals surface area contributed by atoms with Gasteiger partial charge in [0.25, 0.3) is 0 Å². The van der Waals surface area contributed by atoms with E-state index in [9.17, 15) is 25.2 Å². The molecule has 412 valence electrons. The van der Waals surface area contributed by atoms with E-state index < -0.39 is 54.7 Å². The van der Waals surface area contributed by atoms with Crippen LogP contribution in [0.2, 0.25) is 0 Å². The molecule has 78 heavy (non-hydrogen) atoms. The standard InChI is InChI=1S/C66H76O12/c1-40(36-68)51-26-20-41-18-21-42(22-19-41)52-27-24-45(44-12-10-16-50(34-44)66-31-9-8-15-49(66)25-23-43-11-6-7-17-55(43)66)33-47(52)35-57(71)75-61-59-56(78-65(2,62(61)77-63(51)72)48-13-4-3-5-14-48)29-28-53-54(37-69)58(64(73)76-60(53)59)46(30-32-67)38-74-39-70/h6-7,10-12,16-19,21-23,25,28-29,34,45-49,52,61-62,67-70H,3-5,8-9,13-15,20,24,26-27,30-33,35-39H2,1-2H3. The molecule has 4 heterocycles. The number of hydrogen-bond donors (Lipinski definition) is 4. The van der Waals surface area contributed by atoms with Crippen LogP contribution in [0.3, 0.4) is 0 Å². The summed E-state index contributed by atoms with van der Waals surface area (Å²) in [5.74, 6) is -1.23. The Morgan fingerprint density at radius 2 is 1.63 bits per heavy atom. The van der Waals surface area contributed by atoms with Crippen LogP contribution < -0.4 is 10.4 Å². The average Bonchev–Trinajstić information content (AvgIpc) is 3.49. The van der Waals surface area contributed by atoms with Gasteiger partial charge in [-0.1, -0.05) is 117 Å². The first-order valence-corrected chi connectivity index (χ1v) is 28.9. The predicted molar refractivity (Wildman–Crippen MR) is 297 cm³/mol. The summed E-state index contributed by atoms with van der Waals surface area (Å²) in [6.07, 6.45) is 14.8. The zero-order valence-electron chi connectivity index (χ0n) is 45.3. The Hall–Kier alpha value is -5.89. The number of carbonyl (C=O) groups excluding carboxylic acids is 2. The van der Waals surface area contributed by atoms with Gasteiger partial charge >= 0.3 is 17.6 Å². The minimum absolute atomic E-state index is 0.0168. The fraction of sp³-hybridized carbons (Fsp3) is 0.500. The van der Waals surface area contributed by atoms with E-state index in [0.29, 0.717) is 34.6 Å². The molecule has 9 atom stereocenters. The zero-order chi connectivity index (χ0) is 54.1. The van der Waals surface area contributed by atoms with Gasteiger partial charge in [-0.2, -0.15) is 0 Å². The van der Waals surface area contributed by atoms with Crippen molar-refractivity contribution in [3.8, 4) is 5.75 Å². The van der Waals surface area contributed by atoms with Crippen LogP contribution >= 0.6 is 0 Å². The van der Waals surface area contributed by atoms with Crippen molar-refractivity contribution in [2.45, 2.75) is 164 Å². The summed E-state index contributed by atoms with van der Waals surface area (Å²) >= 11 is 0. The highest BCUT2D eigenvalue weighted by atomic mass is 16.6. The molecule has 4 aliphatic carbocycles. The van der Waals surface area contributed by atoms with Gasteiger partial charge in [0.1, 0.15) is 23.7 Å². The Kier molecular flexibility index (Phi) is 16.0. The number of carbonyl (C=O) groups is 2. The lowest BCUT2D eigenvalue weighted by Crippen LogP contribution is -2.58. The Morgan fingerprint density at radius 1 is 0.821 bits per heavy atom. The van der Waals surface area contributed by atoms with Gasteiger partial charge in [0.15, 0.2) is 12.2 Å². The first kappa shape index (κ1) is 54.1. The van der Waals surface area contributed by atoms with Gasteiger partial charge in [-0.25, -0.2) is 9.59 Å². The van der Waals surface area contributed by atoms with E-state index in [1.807, 2.05) is 6.92 Å². The van der Waals surface area contributed by atoms with Crippen molar-refractivity contribution >= 4 is 29.0 Å². The molecular weight excluding hydrogens is 985 g/mol. The highest BCUT2D eigenvalue weighted by Crippen LogP contribution is 2.56. The first-order valence-electron chi connectivity index (χ1n) is 28.9. The van der Waals surface area contributed by atoms with Crippen LogP contribution in [0.1, 0.15) is 184 Å². The van der Waals surface area contributed by atoms with E-state index in [4.69, 9.17) is 23.4 Å². The topological polar surface area (TPSA) is 182 Å². The van der Waals surface area contributed by atoms with Gasteiger partial charge in [0.2, 0.25) is 0 Å². The largest absolute Gasteiger partial charge is 0.483 e. The monoisotopic (exact) mass is 1060 g/mol. The van der Waals surface area contributed by atoms with Crippen LogP contribution in [0.4, 0.5) is 0 Å². The molecule has 4 aromatic carbocycles. The minimum Gasteiger partial charge on any atom is -0.483 e. The molecule has 2 bridgehead atoms. The lowest BCUT2D eigenvalue weighted by molar-refractivity contribution is -0.201. The number of aliphatic hydroxyl groups is 4. The molecule has 0 amide bonds. The lowest BCUT2D eigenvalue weighted by atomic mass is 9.56. The van der Waals surface area contributed by atoms with E-state index >= 15 is 9.59 Å². The van der Waals surface area contributed by atoms with E-state index in [2.05, 4.69) is 84.9 Å². The third-order valence-electron chi connectivity index (χ3n) is 19.3. The normalized spacial score (nSPS) is 28.5. The molecule has 9 unspecified atom stereocenters. The second-order valence-corrected chi connectivity index (χ2v) is 23.5. The van der Waals surface area contributed by atoms with E-state index in [1.54, 1.807) is 19.1 Å². The molecule has 0 spiro atoms. The molecule has 12 nitrogen and oxygen atoms in total. The van der Waals surface area contributed by atoms with Gasteiger partial charge in [-0.15, -0.1) is 0 Å². The zero-order valence-corrected chi connectivity index (χ0v) is 45.3. The fourth-order valence-electron chi connectivity index (χ4n) is 15.2. The summed E-state index contributed by atoms with van der Waals surface area (Å²) in [7, 11) is 0. The van der Waals surface area contributed by atoms with Crippen LogP contribution in [0.5, 0.6) is 5.75 Å². The maximum absolute atomic E-state index is 15.5. The molecule has 3 saturated carbocycles. The third-order valence-corrected chi connectivity index (χ3v) is 19.3. The number of hydrogen-bond acceptors (Lipinski definition) is 12. The summed E-state index contributed by atoms with van der Waals surface area (Å²) < 4.78 is 32.6. The van der Waals surface area contributed by atoms with Crippen molar-refractivity contribution in [1.82, 2.24) is 0 Å². The van der Waals surface area contributed by atoms with Crippen LogP contribution in [-0.2, 0) is 42.2 Å². The summed E-state index contributed by atoms with van der Waals surface area (Å²) in [5, 5.41) is 41.7. The van der Waals surface area contributed by atoms with E-state index in [-0.39, 0.29) is 90.4 Å². The summed E-state index contributed by atoms with van der Waals surface area (Å²) in [4.78, 5) is 45.0. The van der Waals surface area contributed by atoms with Crippen LogP contribution in [0.25, 0.3) is 17.0 Å². The maximum Gasteiger partial charge on any atom is 0.340 e. The Balaban J connectivity index is 1.03. The average molecular weight is 1060 g/mol. The number of ether oxygens (including phenoxy) is 4. The quantitative estimate of drug-likeness (QED) is 0.0426. The number of rotatable bonds is 11. The molecular formula is C66H76O12. The highest BCUT2D eigenvalue weighted by molar-refractivity contribution is 5.90. The highest BCUT2D eigenvalue weighted by Gasteiger charge is 2.57. The number of fused-ring (bicyclic) bond motifs is 14. The lowest BCUT2D eigenvalue weighted by Gasteiger charge is -2.50. The van der Waals surface area contributed by atoms with Crippen molar-refractivity contribution in [3.63, 3.8) is 0 Å². The molecule has 12 heteroatoms. The first-order chi connectivity index (χ1) is 38.0. The molecule has 3 fully saturated rings. The molecule has 12 rings (SSSR count). The molecule has 3 aliphatic heterocycles. The maximum atomic E-state index is 15.5. The van der Waals surface area contributed by atoms with Crippen LogP contribution in [0, 0.1) is 17.8 Å². The number of esters is 2. The number of aryl methyl sites for hydroxylation is 1. The van der Waals surface area contributed by atoms with Gasteiger partial charge < -0.3 is 43.8 Å². The summed E-state index contributed by atoms with van der Waals surface area (Å²) in [6, 6.07) is 30.3. The van der Waals surface area contributed by atoms with Crippen LogP contribution in [0.15, 0.2) is 111 Å². The molecule has 0 saturated heterocycles. The van der Waals surface area contributed by atoms with Crippen molar-refractivity contribution in [3.05, 3.63) is 163 Å². The van der Waals surface area contributed by atoms with Gasteiger partial charge in [-0.05, 0) is 158 Å².